The van der Waals surface area contributed by atoms with Crippen LogP contribution in [0.4, 0.5) is 10.5 Å². The second kappa shape index (κ2) is 6.93. The van der Waals surface area contributed by atoms with Crippen molar-refractivity contribution in [3.05, 3.63) is 28.8 Å². The number of carbonyl (C=O) groups is 2. The molecule has 20 heavy (non-hydrogen) atoms. The highest BCUT2D eigenvalue weighted by Crippen LogP contribution is 2.20. The maximum atomic E-state index is 11.8. The quantitative estimate of drug-likeness (QED) is 0.773. The van der Waals surface area contributed by atoms with Gasteiger partial charge in [0.25, 0.3) is 0 Å². The average molecular weight is 278 g/mol. The number of hydrogen-bond acceptors (Lipinski definition) is 2. The van der Waals surface area contributed by atoms with Gasteiger partial charge < -0.3 is 15.7 Å². The number of carbonyl (C=O) groups excluding carboxylic acids is 1. The minimum absolute atomic E-state index is 0.0884. The summed E-state index contributed by atoms with van der Waals surface area (Å²) in [5.41, 5.74) is 2.25. The third-order valence-corrected chi connectivity index (χ3v) is 3.25. The summed E-state index contributed by atoms with van der Waals surface area (Å²) in [5, 5.41) is 14.6. The van der Waals surface area contributed by atoms with Gasteiger partial charge in [0.05, 0.1) is 5.56 Å². The summed E-state index contributed by atoms with van der Waals surface area (Å²) in [4.78, 5) is 23.0. The summed E-state index contributed by atoms with van der Waals surface area (Å²) in [5.74, 6) is -0.992. The first-order chi connectivity index (χ1) is 9.35. The molecule has 0 aliphatic carbocycles. The minimum atomic E-state index is -0.992. The molecule has 0 saturated carbocycles. The molecule has 5 nitrogen and oxygen atoms in total. The van der Waals surface area contributed by atoms with Crippen molar-refractivity contribution in [1.82, 2.24) is 5.32 Å². The first kappa shape index (κ1) is 16.0. The van der Waals surface area contributed by atoms with Crippen molar-refractivity contribution in [2.75, 3.05) is 5.32 Å². The lowest BCUT2D eigenvalue weighted by atomic mass is 10.0. The number of benzene rings is 1. The summed E-state index contributed by atoms with van der Waals surface area (Å²) in [6.07, 6.45) is 1.90. The molecule has 0 radical (unpaired) electrons. The van der Waals surface area contributed by atoms with Crippen molar-refractivity contribution in [3.8, 4) is 0 Å². The van der Waals surface area contributed by atoms with Gasteiger partial charge in [0.2, 0.25) is 0 Å². The number of nitrogens with one attached hydrogen (secondary N) is 2. The van der Waals surface area contributed by atoms with Crippen LogP contribution in [0.1, 0.15) is 48.2 Å². The van der Waals surface area contributed by atoms with Crippen LogP contribution in [-0.4, -0.2) is 23.1 Å². The summed E-state index contributed by atoms with van der Waals surface area (Å²) in [6.45, 7) is 7.57. The number of hydrogen-bond donors (Lipinski definition) is 3. The van der Waals surface area contributed by atoms with Gasteiger partial charge >= 0.3 is 12.0 Å². The van der Waals surface area contributed by atoms with Crippen LogP contribution in [0.15, 0.2) is 12.1 Å². The Morgan fingerprint density at radius 1 is 1.30 bits per heavy atom. The van der Waals surface area contributed by atoms with E-state index >= 15 is 0 Å². The summed E-state index contributed by atoms with van der Waals surface area (Å²) in [7, 11) is 0. The molecule has 0 bridgehead atoms. The average Bonchev–Trinajstić information content (AvgIpc) is 2.33. The normalized spacial score (nSPS) is 11.8. The van der Waals surface area contributed by atoms with Gasteiger partial charge in [-0.2, -0.15) is 0 Å². The molecule has 1 aromatic rings. The van der Waals surface area contributed by atoms with E-state index in [9.17, 15) is 9.59 Å². The molecule has 0 aliphatic heterocycles. The number of carboxylic acids is 1. The van der Waals surface area contributed by atoms with Gasteiger partial charge in [-0.25, -0.2) is 9.59 Å². The predicted octanol–water partition coefficient (Wildman–Crippen LogP) is 3.31. The first-order valence-corrected chi connectivity index (χ1v) is 6.77. The van der Waals surface area contributed by atoms with Crippen LogP contribution in [0.3, 0.4) is 0 Å². The van der Waals surface area contributed by atoms with Crippen molar-refractivity contribution in [2.45, 2.75) is 46.6 Å². The van der Waals surface area contributed by atoms with Crippen molar-refractivity contribution in [3.63, 3.8) is 0 Å². The molecule has 0 aromatic heterocycles. The molecule has 1 atom stereocenters. The molecule has 5 heteroatoms. The van der Waals surface area contributed by atoms with Crippen LogP contribution in [0.25, 0.3) is 0 Å². The Balaban J connectivity index is 2.83. The highest BCUT2D eigenvalue weighted by molar-refractivity contribution is 5.94. The number of anilines is 1. The Bertz CT molecular complexity index is 512. The predicted molar refractivity (Wildman–Crippen MR) is 79.4 cm³/mol. The van der Waals surface area contributed by atoms with Gasteiger partial charge in [-0.15, -0.1) is 0 Å². The lowest BCUT2D eigenvalue weighted by Crippen LogP contribution is -2.36. The molecule has 0 saturated heterocycles. The van der Waals surface area contributed by atoms with Crippen molar-refractivity contribution in [2.24, 2.45) is 0 Å². The molecule has 1 rings (SSSR count). The van der Waals surface area contributed by atoms with Gasteiger partial charge in [0.15, 0.2) is 0 Å². The van der Waals surface area contributed by atoms with E-state index < -0.39 is 5.97 Å². The van der Waals surface area contributed by atoms with Crippen LogP contribution >= 0.6 is 0 Å². The zero-order valence-corrected chi connectivity index (χ0v) is 12.4. The summed E-state index contributed by atoms with van der Waals surface area (Å²) < 4.78 is 0. The molecule has 3 N–H and O–H groups in total. The minimum Gasteiger partial charge on any atom is -0.478 e. The fraction of sp³-hybridized carbons (Fsp3) is 0.467. The zero-order valence-electron chi connectivity index (χ0n) is 12.4. The molecular weight excluding hydrogens is 256 g/mol. The monoisotopic (exact) mass is 278 g/mol. The fourth-order valence-electron chi connectivity index (χ4n) is 2.05. The van der Waals surface area contributed by atoms with E-state index in [0.717, 1.165) is 18.4 Å². The molecule has 0 aliphatic rings. The van der Waals surface area contributed by atoms with Gasteiger partial charge in [0.1, 0.15) is 0 Å². The third kappa shape index (κ3) is 4.26. The second-order valence-electron chi connectivity index (χ2n) is 5.06. The maximum Gasteiger partial charge on any atom is 0.336 e. The van der Waals surface area contributed by atoms with E-state index in [1.807, 2.05) is 13.8 Å². The zero-order chi connectivity index (χ0) is 15.3. The SMILES string of the molecule is CCCC(C)NC(=O)Nc1cc(C)c(C)c(C(=O)O)c1. The van der Waals surface area contributed by atoms with Gasteiger partial charge in [0, 0.05) is 11.7 Å². The highest BCUT2D eigenvalue weighted by Gasteiger charge is 2.13. The maximum absolute atomic E-state index is 11.8. The summed E-state index contributed by atoms with van der Waals surface area (Å²) >= 11 is 0. The molecule has 0 spiro atoms. The van der Waals surface area contributed by atoms with Gasteiger partial charge in [-0.1, -0.05) is 13.3 Å². The number of amides is 2. The van der Waals surface area contributed by atoms with E-state index in [2.05, 4.69) is 17.6 Å². The van der Waals surface area contributed by atoms with E-state index in [4.69, 9.17) is 5.11 Å². The summed E-state index contributed by atoms with van der Waals surface area (Å²) in [6, 6.07) is 3.02. The number of carboxylic acid groups (broad SMARTS) is 1. The van der Waals surface area contributed by atoms with E-state index in [0.29, 0.717) is 11.3 Å². The topological polar surface area (TPSA) is 78.4 Å². The smallest absolute Gasteiger partial charge is 0.336 e. The Kier molecular flexibility index (Phi) is 5.55. The molecule has 110 valence electrons. The van der Waals surface area contributed by atoms with Crippen LogP contribution in [0, 0.1) is 13.8 Å². The lowest BCUT2D eigenvalue weighted by Gasteiger charge is -2.15. The lowest BCUT2D eigenvalue weighted by molar-refractivity contribution is 0.0696. The van der Waals surface area contributed by atoms with Crippen molar-refractivity contribution >= 4 is 17.7 Å². The van der Waals surface area contributed by atoms with Gasteiger partial charge in [-0.05, 0) is 50.5 Å². The van der Waals surface area contributed by atoms with E-state index in [-0.39, 0.29) is 17.6 Å². The third-order valence-electron chi connectivity index (χ3n) is 3.25. The van der Waals surface area contributed by atoms with Crippen molar-refractivity contribution < 1.29 is 14.7 Å². The Labute approximate surface area is 119 Å². The number of urea groups is 1. The fourth-order valence-corrected chi connectivity index (χ4v) is 2.05. The Morgan fingerprint density at radius 2 is 1.95 bits per heavy atom. The van der Waals surface area contributed by atoms with Crippen molar-refractivity contribution in [1.29, 1.82) is 0 Å². The molecule has 0 heterocycles. The van der Waals surface area contributed by atoms with Crippen LogP contribution in [0.5, 0.6) is 0 Å². The highest BCUT2D eigenvalue weighted by atomic mass is 16.4. The largest absolute Gasteiger partial charge is 0.478 e. The number of aryl methyl sites for hydroxylation is 1. The van der Waals surface area contributed by atoms with Crippen LogP contribution in [0.2, 0.25) is 0 Å². The van der Waals surface area contributed by atoms with Gasteiger partial charge in [-0.3, -0.25) is 0 Å². The van der Waals surface area contributed by atoms with E-state index in [1.54, 1.807) is 13.0 Å². The second-order valence-corrected chi connectivity index (χ2v) is 5.06. The number of rotatable bonds is 5. The molecular formula is C15H22N2O3. The number of aromatic carboxylic acids is 1. The standard InChI is InChI=1S/C15H22N2O3/c1-5-6-10(3)16-15(20)17-12-7-9(2)11(4)13(8-12)14(18)19/h7-8,10H,5-6H2,1-4H3,(H,18,19)(H2,16,17,20). The van der Waals surface area contributed by atoms with E-state index in [1.165, 1.54) is 6.07 Å². The molecule has 0 fully saturated rings. The molecule has 1 unspecified atom stereocenters. The molecule has 1 aromatic carbocycles. The molecule has 2 amide bonds. The first-order valence-electron chi connectivity index (χ1n) is 6.77. The van der Waals surface area contributed by atoms with Crippen LogP contribution in [-0.2, 0) is 0 Å². The Hall–Kier alpha value is -2.04. The Morgan fingerprint density at radius 3 is 2.50 bits per heavy atom. The van der Waals surface area contributed by atoms with Crippen LogP contribution < -0.4 is 10.6 Å².